The Bertz CT molecular complexity index is 783. The van der Waals surface area contributed by atoms with Crippen molar-refractivity contribution in [3.63, 3.8) is 0 Å². The van der Waals surface area contributed by atoms with Crippen LogP contribution in [0.5, 0.6) is 0 Å². The Kier molecular flexibility index (Phi) is 2.35. The second-order valence-corrected chi connectivity index (χ2v) is 5.53. The molecule has 4 rings (SSSR count). The second-order valence-electron chi connectivity index (χ2n) is 5.53. The third-order valence-corrected chi connectivity index (χ3v) is 4.42. The van der Waals surface area contributed by atoms with Crippen LogP contribution in [0, 0.1) is 0 Å². The molecule has 2 atom stereocenters. The molecule has 2 aliphatic rings. The van der Waals surface area contributed by atoms with Crippen molar-refractivity contribution in [2.45, 2.75) is 18.1 Å². The van der Waals surface area contributed by atoms with E-state index in [1.165, 1.54) is 0 Å². The molecule has 1 aliphatic heterocycles. The minimum Gasteiger partial charge on any atom is -0.375 e. The fraction of sp³-hybridized carbons (Fsp3) is 0.176. The molecule has 0 saturated heterocycles. The Labute approximate surface area is 121 Å². The smallest absolute Gasteiger partial charge is 0.252 e. The Morgan fingerprint density at radius 1 is 1.00 bits per heavy atom. The number of carbonyl (C=O) groups excluding carboxylic acids is 2. The number of hydrogen-bond donors (Lipinski definition) is 2. The minimum atomic E-state index is -1.68. The molecule has 0 fully saturated rings. The SMILES string of the molecule is O=C1NC2Cc3ccccc3C2(O)C(=O)c2ccccc21. The topological polar surface area (TPSA) is 66.4 Å². The summed E-state index contributed by atoms with van der Waals surface area (Å²) in [4.78, 5) is 25.2. The monoisotopic (exact) mass is 279 g/mol. The van der Waals surface area contributed by atoms with Gasteiger partial charge in [0.15, 0.2) is 5.60 Å². The van der Waals surface area contributed by atoms with Crippen molar-refractivity contribution in [3.8, 4) is 0 Å². The van der Waals surface area contributed by atoms with Crippen molar-refractivity contribution in [1.82, 2.24) is 5.32 Å². The molecular weight excluding hydrogens is 266 g/mol. The van der Waals surface area contributed by atoms with Gasteiger partial charge >= 0.3 is 0 Å². The number of fused-ring (bicyclic) bond motifs is 4. The number of benzene rings is 2. The maximum absolute atomic E-state index is 12.9. The molecule has 0 aromatic heterocycles. The normalized spacial score (nSPS) is 26.4. The summed E-state index contributed by atoms with van der Waals surface area (Å²) in [5, 5.41) is 13.9. The minimum absolute atomic E-state index is 0.275. The van der Waals surface area contributed by atoms with E-state index in [0.29, 0.717) is 17.5 Å². The van der Waals surface area contributed by atoms with E-state index in [4.69, 9.17) is 0 Å². The highest BCUT2D eigenvalue weighted by Crippen LogP contribution is 2.41. The van der Waals surface area contributed by atoms with Crippen LogP contribution in [-0.2, 0) is 12.0 Å². The van der Waals surface area contributed by atoms with Crippen LogP contribution in [0.4, 0.5) is 0 Å². The molecule has 0 radical (unpaired) electrons. The Balaban J connectivity index is 1.98. The van der Waals surface area contributed by atoms with Gasteiger partial charge in [0.25, 0.3) is 5.91 Å². The summed E-state index contributed by atoms with van der Waals surface area (Å²) in [6.07, 6.45) is 0.456. The molecular formula is C17H13NO3. The Morgan fingerprint density at radius 3 is 2.48 bits per heavy atom. The first kappa shape index (κ1) is 12.3. The number of nitrogens with one attached hydrogen (secondary N) is 1. The molecule has 0 spiro atoms. The van der Waals surface area contributed by atoms with E-state index in [0.717, 1.165) is 5.56 Å². The quantitative estimate of drug-likeness (QED) is 0.766. The van der Waals surface area contributed by atoms with E-state index >= 15 is 0 Å². The molecule has 1 heterocycles. The van der Waals surface area contributed by atoms with Gasteiger partial charge in [-0.05, 0) is 23.6 Å². The van der Waals surface area contributed by atoms with E-state index in [2.05, 4.69) is 5.32 Å². The standard InChI is InChI=1S/C17H13NO3/c19-15-11-6-2-3-7-12(11)16(20)18-14-9-10-5-1-4-8-13(10)17(14,15)21/h1-8,14,21H,9H2,(H,18,20). The van der Waals surface area contributed by atoms with Crippen molar-refractivity contribution < 1.29 is 14.7 Å². The lowest BCUT2D eigenvalue weighted by atomic mass is 9.84. The molecule has 2 aromatic rings. The Hall–Kier alpha value is -2.46. The molecule has 1 amide bonds. The number of aliphatic hydroxyl groups is 1. The summed E-state index contributed by atoms with van der Waals surface area (Å²) in [5.74, 6) is -0.723. The average Bonchev–Trinajstić information content (AvgIpc) is 2.76. The molecule has 0 saturated carbocycles. The lowest BCUT2D eigenvalue weighted by molar-refractivity contribution is 0.0164. The maximum atomic E-state index is 12.9. The highest BCUT2D eigenvalue weighted by molar-refractivity contribution is 6.14. The van der Waals surface area contributed by atoms with Crippen molar-refractivity contribution in [3.05, 3.63) is 70.8 Å². The van der Waals surface area contributed by atoms with Gasteiger partial charge in [-0.25, -0.2) is 0 Å². The maximum Gasteiger partial charge on any atom is 0.252 e. The third kappa shape index (κ3) is 1.48. The zero-order chi connectivity index (χ0) is 14.6. The van der Waals surface area contributed by atoms with Crippen molar-refractivity contribution in [1.29, 1.82) is 0 Å². The zero-order valence-electron chi connectivity index (χ0n) is 11.2. The predicted molar refractivity (Wildman–Crippen MR) is 76.1 cm³/mol. The number of Topliss-reactive ketones (excluding diaryl/α,β-unsaturated/α-hetero) is 1. The number of hydrogen-bond acceptors (Lipinski definition) is 3. The highest BCUT2D eigenvalue weighted by atomic mass is 16.3. The van der Waals surface area contributed by atoms with Crippen molar-refractivity contribution >= 4 is 11.7 Å². The van der Waals surface area contributed by atoms with Crippen molar-refractivity contribution in [2.24, 2.45) is 0 Å². The number of carbonyl (C=O) groups is 2. The van der Waals surface area contributed by atoms with Crippen LogP contribution < -0.4 is 5.32 Å². The molecule has 0 bridgehead atoms. The highest BCUT2D eigenvalue weighted by Gasteiger charge is 2.54. The van der Waals surface area contributed by atoms with Crippen LogP contribution in [0.3, 0.4) is 0 Å². The lowest BCUT2D eigenvalue weighted by Gasteiger charge is -2.27. The van der Waals surface area contributed by atoms with E-state index in [9.17, 15) is 14.7 Å². The summed E-state index contributed by atoms with van der Waals surface area (Å²) >= 11 is 0. The zero-order valence-corrected chi connectivity index (χ0v) is 11.2. The number of ketones is 1. The van der Waals surface area contributed by atoms with E-state index in [1.54, 1.807) is 36.4 Å². The second kappa shape index (κ2) is 4.02. The van der Waals surface area contributed by atoms with Gasteiger partial charge in [-0.15, -0.1) is 0 Å². The van der Waals surface area contributed by atoms with Gasteiger partial charge in [0, 0.05) is 5.56 Å². The van der Waals surface area contributed by atoms with Crippen LogP contribution in [-0.4, -0.2) is 22.8 Å². The van der Waals surface area contributed by atoms with Crippen molar-refractivity contribution in [2.75, 3.05) is 0 Å². The van der Waals surface area contributed by atoms with Crippen LogP contribution in [0.15, 0.2) is 48.5 Å². The molecule has 2 aromatic carbocycles. The van der Waals surface area contributed by atoms with Gasteiger partial charge in [0.1, 0.15) is 0 Å². The van der Waals surface area contributed by atoms with Gasteiger partial charge < -0.3 is 10.4 Å². The van der Waals surface area contributed by atoms with E-state index < -0.39 is 17.4 Å². The van der Waals surface area contributed by atoms with Gasteiger partial charge in [-0.2, -0.15) is 0 Å². The van der Waals surface area contributed by atoms with Crippen LogP contribution in [0.2, 0.25) is 0 Å². The van der Waals surface area contributed by atoms with Crippen LogP contribution in [0.1, 0.15) is 31.8 Å². The fourth-order valence-corrected chi connectivity index (χ4v) is 3.38. The first-order valence-corrected chi connectivity index (χ1v) is 6.88. The average molecular weight is 279 g/mol. The predicted octanol–water partition coefficient (Wildman–Crippen LogP) is 1.43. The molecule has 21 heavy (non-hydrogen) atoms. The fourth-order valence-electron chi connectivity index (χ4n) is 3.38. The molecule has 104 valence electrons. The lowest BCUT2D eigenvalue weighted by Crippen LogP contribution is -2.50. The van der Waals surface area contributed by atoms with E-state index in [-0.39, 0.29) is 11.5 Å². The van der Waals surface area contributed by atoms with E-state index in [1.807, 2.05) is 12.1 Å². The largest absolute Gasteiger partial charge is 0.375 e. The van der Waals surface area contributed by atoms with Gasteiger partial charge in [-0.1, -0.05) is 42.5 Å². The molecule has 2 unspecified atom stereocenters. The summed E-state index contributed by atoms with van der Waals surface area (Å²) in [5.41, 5.74) is 0.410. The molecule has 1 aliphatic carbocycles. The summed E-state index contributed by atoms with van der Waals surface area (Å²) < 4.78 is 0. The van der Waals surface area contributed by atoms with Crippen LogP contribution >= 0.6 is 0 Å². The van der Waals surface area contributed by atoms with Gasteiger partial charge in [0.2, 0.25) is 5.78 Å². The summed E-state index contributed by atoms with van der Waals surface area (Å²) in [6.45, 7) is 0. The number of rotatable bonds is 0. The third-order valence-electron chi connectivity index (χ3n) is 4.42. The number of amides is 1. The van der Waals surface area contributed by atoms with Gasteiger partial charge in [0.05, 0.1) is 11.6 Å². The summed E-state index contributed by atoms with van der Waals surface area (Å²) in [7, 11) is 0. The molecule has 2 N–H and O–H groups in total. The molecule has 4 nitrogen and oxygen atoms in total. The van der Waals surface area contributed by atoms with Gasteiger partial charge in [-0.3, -0.25) is 9.59 Å². The molecule has 4 heteroatoms. The first-order valence-electron chi connectivity index (χ1n) is 6.88. The van der Waals surface area contributed by atoms with Crippen LogP contribution in [0.25, 0.3) is 0 Å². The Morgan fingerprint density at radius 2 is 1.67 bits per heavy atom. The first-order chi connectivity index (χ1) is 10.1. The summed E-state index contributed by atoms with van der Waals surface area (Å²) in [6, 6.07) is 13.3.